The molecule has 2 heteroatoms. The molecule has 1 nitrogen and oxygen atoms in total. The minimum absolute atomic E-state index is 0.425. The van der Waals surface area contributed by atoms with Gasteiger partial charge < -0.3 is 5.73 Å². The topological polar surface area (TPSA) is 26.0 Å². The maximum Gasteiger partial charge on any atom is 0.00957 e. The first-order valence-corrected chi connectivity index (χ1v) is 7.11. The Labute approximate surface area is 93.2 Å². The standard InChI is InChI=1S/C12H25NS/c1-9(2)10(3)12(13)11-5-4-7-14-8-6-11/h9-12H,4-8,13H2,1-3H3. The van der Waals surface area contributed by atoms with Gasteiger partial charge >= 0.3 is 0 Å². The van der Waals surface area contributed by atoms with E-state index in [2.05, 4.69) is 32.5 Å². The van der Waals surface area contributed by atoms with Crippen LogP contribution in [0.2, 0.25) is 0 Å². The average Bonchev–Trinajstić information content (AvgIpc) is 2.43. The Morgan fingerprint density at radius 3 is 2.50 bits per heavy atom. The Hall–Kier alpha value is 0.310. The Morgan fingerprint density at radius 1 is 1.14 bits per heavy atom. The molecule has 0 saturated carbocycles. The largest absolute Gasteiger partial charge is 0.327 e. The van der Waals surface area contributed by atoms with Crippen LogP contribution in [-0.4, -0.2) is 17.5 Å². The number of nitrogens with two attached hydrogens (primary N) is 1. The van der Waals surface area contributed by atoms with Crippen LogP contribution in [0.5, 0.6) is 0 Å². The normalized spacial score (nSPS) is 28.5. The van der Waals surface area contributed by atoms with Crippen molar-refractivity contribution in [2.75, 3.05) is 11.5 Å². The van der Waals surface area contributed by atoms with Gasteiger partial charge in [0, 0.05) is 6.04 Å². The van der Waals surface area contributed by atoms with Gasteiger partial charge in [0.25, 0.3) is 0 Å². The van der Waals surface area contributed by atoms with Gasteiger partial charge in [0.1, 0.15) is 0 Å². The van der Waals surface area contributed by atoms with Crippen molar-refractivity contribution in [1.82, 2.24) is 0 Å². The predicted octanol–water partition coefficient (Wildman–Crippen LogP) is 3.14. The van der Waals surface area contributed by atoms with Crippen LogP contribution in [0, 0.1) is 17.8 Å². The van der Waals surface area contributed by atoms with Crippen LogP contribution in [-0.2, 0) is 0 Å². The van der Waals surface area contributed by atoms with E-state index in [1.165, 1.54) is 30.8 Å². The van der Waals surface area contributed by atoms with Gasteiger partial charge in [0.2, 0.25) is 0 Å². The Kier molecular flexibility index (Phi) is 5.32. The monoisotopic (exact) mass is 215 g/mol. The van der Waals surface area contributed by atoms with E-state index in [9.17, 15) is 0 Å². The zero-order valence-corrected chi connectivity index (χ0v) is 10.6. The third kappa shape index (κ3) is 3.47. The van der Waals surface area contributed by atoms with Crippen molar-refractivity contribution in [2.45, 2.75) is 46.1 Å². The summed E-state index contributed by atoms with van der Waals surface area (Å²) in [6.07, 6.45) is 4.06. The van der Waals surface area contributed by atoms with Gasteiger partial charge in [-0.25, -0.2) is 0 Å². The first-order valence-electron chi connectivity index (χ1n) is 5.96. The van der Waals surface area contributed by atoms with Crippen molar-refractivity contribution in [3.05, 3.63) is 0 Å². The molecule has 0 aromatic rings. The second-order valence-corrected chi connectivity index (χ2v) is 6.21. The van der Waals surface area contributed by atoms with E-state index in [0.29, 0.717) is 12.0 Å². The quantitative estimate of drug-likeness (QED) is 0.783. The fraction of sp³-hybridized carbons (Fsp3) is 1.00. The molecule has 2 N–H and O–H groups in total. The predicted molar refractivity (Wildman–Crippen MR) is 66.6 cm³/mol. The Morgan fingerprint density at radius 2 is 1.86 bits per heavy atom. The van der Waals surface area contributed by atoms with Crippen LogP contribution in [0.15, 0.2) is 0 Å². The highest BCUT2D eigenvalue weighted by molar-refractivity contribution is 7.99. The van der Waals surface area contributed by atoms with E-state index in [1.807, 2.05) is 0 Å². The van der Waals surface area contributed by atoms with Crippen molar-refractivity contribution in [2.24, 2.45) is 23.5 Å². The minimum atomic E-state index is 0.425. The molecule has 0 amide bonds. The number of hydrogen-bond donors (Lipinski definition) is 1. The van der Waals surface area contributed by atoms with Gasteiger partial charge in [-0.2, -0.15) is 11.8 Å². The maximum atomic E-state index is 6.35. The second-order valence-electron chi connectivity index (χ2n) is 4.98. The summed E-state index contributed by atoms with van der Waals surface area (Å²) in [5, 5.41) is 0. The molecule has 3 unspecified atom stereocenters. The lowest BCUT2D eigenvalue weighted by molar-refractivity contribution is 0.252. The molecule has 84 valence electrons. The van der Waals surface area contributed by atoms with E-state index < -0.39 is 0 Å². The maximum absolute atomic E-state index is 6.35. The van der Waals surface area contributed by atoms with Gasteiger partial charge in [-0.05, 0) is 48.5 Å². The lowest BCUT2D eigenvalue weighted by atomic mass is 9.80. The Bertz CT molecular complexity index is 150. The second kappa shape index (κ2) is 6.02. The molecule has 0 spiro atoms. The summed E-state index contributed by atoms with van der Waals surface area (Å²) in [6, 6.07) is 0.425. The highest BCUT2D eigenvalue weighted by Crippen LogP contribution is 2.29. The van der Waals surface area contributed by atoms with Crippen molar-refractivity contribution in [3.8, 4) is 0 Å². The molecule has 0 bridgehead atoms. The molecule has 0 radical (unpaired) electrons. The van der Waals surface area contributed by atoms with Crippen LogP contribution in [0.1, 0.15) is 40.0 Å². The summed E-state index contributed by atoms with van der Waals surface area (Å²) in [5.41, 5.74) is 6.35. The van der Waals surface area contributed by atoms with E-state index in [4.69, 9.17) is 5.73 Å². The van der Waals surface area contributed by atoms with Gasteiger partial charge in [-0.3, -0.25) is 0 Å². The number of thioether (sulfide) groups is 1. The lowest BCUT2D eigenvalue weighted by Gasteiger charge is -2.30. The third-order valence-corrected chi connectivity index (χ3v) is 4.80. The highest BCUT2D eigenvalue weighted by atomic mass is 32.2. The molecular formula is C12H25NS. The molecule has 1 aliphatic rings. The molecule has 1 rings (SSSR count). The summed E-state index contributed by atoms with van der Waals surface area (Å²) in [4.78, 5) is 0. The van der Waals surface area contributed by atoms with Crippen molar-refractivity contribution < 1.29 is 0 Å². The van der Waals surface area contributed by atoms with Crippen molar-refractivity contribution >= 4 is 11.8 Å². The molecule has 3 atom stereocenters. The van der Waals surface area contributed by atoms with Crippen molar-refractivity contribution in [3.63, 3.8) is 0 Å². The van der Waals surface area contributed by atoms with E-state index >= 15 is 0 Å². The van der Waals surface area contributed by atoms with Crippen LogP contribution in [0.25, 0.3) is 0 Å². The van der Waals surface area contributed by atoms with Gasteiger partial charge in [-0.15, -0.1) is 0 Å². The van der Waals surface area contributed by atoms with Crippen molar-refractivity contribution in [1.29, 1.82) is 0 Å². The Balaban J connectivity index is 2.44. The summed E-state index contributed by atoms with van der Waals surface area (Å²) >= 11 is 2.10. The first kappa shape index (κ1) is 12.4. The molecule has 1 saturated heterocycles. The molecule has 0 aromatic carbocycles. The zero-order valence-electron chi connectivity index (χ0n) is 9.83. The van der Waals surface area contributed by atoms with Gasteiger partial charge in [0.15, 0.2) is 0 Å². The summed E-state index contributed by atoms with van der Waals surface area (Å²) < 4.78 is 0. The fourth-order valence-electron chi connectivity index (χ4n) is 2.19. The van der Waals surface area contributed by atoms with Crippen LogP contribution in [0.3, 0.4) is 0 Å². The molecule has 1 aliphatic heterocycles. The van der Waals surface area contributed by atoms with Gasteiger partial charge in [-0.1, -0.05) is 20.8 Å². The molecule has 1 fully saturated rings. The SMILES string of the molecule is CC(C)C(C)C(N)C1CCCSCC1. The molecule has 14 heavy (non-hydrogen) atoms. The summed E-state index contributed by atoms with van der Waals surface area (Å²) in [6.45, 7) is 6.89. The molecule has 0 aliphatic carbocycles. The first-order chi connectivity index (χ1) is 6.63. The van der Waals surface area contributed by atoms with Gasteiger partial charge in [0.05, 0.1) is 0 Å². The average molecular weight is 215 g/mol. The molecule has 0 aromatic heterocycles. The van der Waals surface area contributed by atoms with Crippen LogP contribution in [0.4, 0.5) is 0 Å². The smallest absolute Gasteiger partial charge is 0.00957 e. The number of rotatable bonds is 3. The molecular weight excluding hydrogens is 190 g/mol. The summed E-state index contributed by atoms with van der Waals surface area (Å²) in [7, 11) is 0. The van der Waals surface area contributed by atoms with Crippen LogP contribution >= 0.6 is 11.8 Å². The minimum Gasteiger partial charge on any atom is -0.327 e. The van der Waals surface area contributed by atoms with E-state index in [1.54, 1.807) is 0 Å². The van der Waals surface area contributed by atoms with Crippen LogP contribution < -0.4 is 5.73 Å². The third-order valence-electron chi connectivity index (χ3n) is 3.70. The molecule has 1 heterocycles. The lowest BCUT2D eigenvalue weighted by Crippen LogP contribution is -2.38. The fourth-order valence-corrected chi connectivity index (χ4v) is 3.23. The highest BCUT2D eigenvalue weighted by Gasteiger charge is 2.25. The number of hydrogen-bond acceptors (Lipinski definition) is 2. The summed E-state index contributed by atoms with van der Waals surface area (Å²) in [5.74, 6) is 4.84. The van der Waals surface area contributed by atoms with E-state index in [-0.39, 0.29) is 0 Å². The zero-order chi connectivity index (χ0) is 10.6. The van der Waals surface area contributed by atoms with E-state index in [0.717, 1.165) is 11.8 Å².